The summed E-state index contributed by atoms with van der Waals surface area (Å²) >= 11 is 4.99. The quantitative estimate of drug-likeness (QED) is 0.877. The highest BCUT2D eigenvalue weighted by atomic mass is 79.9. The Balaban J connectivity index is 2.35. The van der Waals surface area contributed by atoms with Gasteiger partial charge in [0.2, 0.25) is 0 Å². The minimum Gasteiger partial charge on any atom is -0.495 e. The third kappa shape index (κ3) is 3.00. The number of aliphatic hydroxyl groups excluding tert-OH is 1. The zero-order valence-corrected chi connectivity index (χ0v) is 12.9. The largest absolute Gasteiger partial charge is 0.495 e. The van der Waals surface area contributed by atoms with E-state index in [-0.39, 0.29) is 5.92 Å². The van der Waals surface area contributed by atoms with E-state index in [1.54, 1.807) is 7.11 Å². The van der Waals surface area contributed by atoms with Gasteiger partial charge in [-0.05, 0) is 23.1 Å². The van der Waals surface area contributed by atoms with Crippen molar-refractivity contribution >= 4 is 27.3 Å². The standard InChI is InChI=1S/C14H16BrNO2S/c1-18-12-6-7-19-14(12)13(17)10(8-16)9-4-2-3-5-11(9)15/h2-7,10,13,17H,8,16H2,1H3. The molecule has 0 fully saturated rings. The van der Waals surface area contributed by atoms with Crippen molar-refractivity contribution in [2.24, 2.45) is 5.73 Å². The molecular weight excluding hydrogens is 326 g/mol. The number of thiophene rings is 1. The zero-order chi connectivity index (χ0) is 13.8. The summed E-state index contributed by atoms with van der Waals surface area (Å²) in [7, 11) is 1.61. The van der Waals surface area contributed by atoms with E-state index in [1.807, 2.05) is 35.7 Å². The van der Waals surface area contributed by atoms with Crippen molar-refractivity contribution in [2.45, 2.75) is 12.0 Å². The highest BCUT2D eigenvalue weighted by Crippen LogP contribution is 2.40. The summed E-state index contributed by atoms with van der Waals surface area (Å²) < 4.78 is 6.22. The fourth-order valence-corrected chi connectivity index (χ4v) is 3.57. The molecular formula is C14H16BrNO2S. The summed E-state index contributed by atoms with van der Waals surface area (Å²) in [5.74, 6) is 0.547. The molecule has 0 aliphatic rings. The number of ether oxygens (including phenoxy) is 1. The molecule has 1 heterocycles. The second-order valence-corrected chi connectivity index (χ2v) is 5.96. The van der Waals surface area contributed by atoms with Crippen molar-refractivity contribution in [3.8, 4) is 5.75 Å². The number of nitrogens with two attached hydrogens (primary N) is 1. The van der Waals surface area contributed by atoms with Crippen LogP contribution in [0.15, 0.2) is 40.2 Å². The zero-order valence-electron chi connectivity index (χ0n) is 10.5. The molecule has 102 valence electrons. The van der Waals surface area contributed by atoms with Gasteiger partial charge >= 0.3 is 0 Å². The number of hydrogen-bond donors (Lipinski definition) is 2. The Hall–Kier alpha value is -0.880. The third-order valence-corrected chi connectivity index (χ3v) is 4.78. The van der Waals surface area contributed by atoms with Crippen LogP contribution in [-0.4, -0.2) is 18.8 Å². The van der Waals surface area contributed by atoms with Gasteiger partial charge in [0.25, 0.3) is 0 Å². The molecule has 1 aromatic heterocycles. The molecule has 0 radical (unpaired) electrons. The van der Waals surface area contributed by atoms with Gasteiger partial charge in [0.1, 0.15) is 5.75 Å². The van der Waals surface area contributed by atoms with E-state index < -0.39 is 6.10 Å². The fourth-order valence-electron chi connectivity index (χ4n) is 2.08. The Morgan fingerprint density at radius 3 is 2.74 bits per heavy atom. The predicted molar refractivity (Wildman–Crippen MR) is 81.8 cm³/mol. The minimum absolute atomic E-state index is 0.164. The Morgan fingerprint density at radius 2 is 2.11 bits per heavy atom. The summed E-state index contributed by atoms with van der Waals surface area (Å²) in [6.45, 7) is 0.366. The molecule has 2 rings (SSSR count). The van der Waals surface area contributed by atoms with Crippen molar-refractivity contribution in [2.75, 3.05) is 13.7 Å². The SMILES string of the molecule is COc1ccsc1C(O)C(CN)c1ccccc1Br. The maximum absolute atomic E-state index is 10.6. The van der Waals surface area contributed by atoms with Gasteiger partial charge in [0, 0.05) is 16.9 Å². The average Bonchev–Trinajstić information content (AvgIpc) is 2.89. The summed E-state index contributed by atoms with van der Waals surface area (Å²) in [5, 5.41) is 12.5. The van der Waals surface area contributed by atoms with Gasteiger partial charge in [-0.2, -0.15) is 0 Å². The number of benzene rings is 1. The van der Waals surface area contributed by atoms with Crippen LogP contribution < -0.4 is 10.5 Å². The molecule has 2 unspecified atom stereocenters. The van der Waals surface area contributed by atoms with Crippen LogP contribution in [0.1, 0.15) is 22.5 Å². The van der Waals surface area contributed by atoms with Crippen molar-refractivity contribution in [3.05, 3.63) is 50.6 Å². The molecule has 19 heavy (non-hydrogen) atoms. The number of methoxy groups -OCH3 is 1. The predicted octanol–water partition coefficient (Wildman–Crippen LogP) is 3.30. The van der Waals surface area contributed by atoms with Crippen molar-refractivity contribution in [1.82, 2.24) is 0 Å². The van der Waals surface area contributed by atoms with Crippen LogP contribution in [-0.2, 0) is 0 Å². The van der Waals surface area contributed by atoms with Crippen LogP contribution in [0.25, 0.3) is 0 Å². The van der Waals surface area contributed by atoms with Crippen LogP contribution >= 0.6 is 27.3 Å². The number of hydrogen-bond acceptors (Lipinski definition) is 4. The van der Waals surface area contributed by atoms with Crippen molar-refractivity contribution in [1.29, 1.82) is 0 Å². The van der Waals surface area contributed by atoms with E-state index in [0.717, 1.165) is 14.9 Å². The average molecular weight is 342 g/mol. The Kier molecular flexibility index (Phi) is 4.99. The molecule has 0 saturated heterocycles. The van der Waals surface area contributed by atoms with E-state index in [0.29, 0.717) is 12.3 Å². The minimum atomic E-state index is -0.668. The first-order valence-electron chi connectivity index (χ1n) is 5.93. The molecule has 2 aromatic rings. The lowest BCUT2D eigenvalue weighted by Gasteiger charge is -2.22. The summed E-state index contributed by atoms with van der Waals surface area (Å²) in [5.41, 5.74) is 6.86. The van der Waals surface area contributed by atoms with Gasteiger partial charge in [-0.25, -0.2) is 0 Å². The topological polar surface area (TPSA) is 55.5 Å². The fraction of sp³-hybridized carbons (Fsp3) is 0.286. The van der Waals surface area contributed by atoms with Gasteiger partial charge in [-0.15, -0.1) is 11.3 Å². The van der Waals surface area contributed by atoms with Gasteiger partial charge in [-0.1, -0.05) is 34.1 Å². The third-order valence-electron chi connectivity index (χ3n) is 3.09. The molecule has 3 nitrogen and oxygen atoms in total. The van der Waals surface area contributed by atoms with Crippen LogP contribution in [0.2, 0.25) is 0 Å². The summed E-state index contributed by atoms with van der Waals surface area (Å²) in [6, 6.07) is 9.68. The van der Waals surface area contributed by atoms with E-state index >= 15 is 0 Å². The lowest BCUT2D eigenvalue weighted by Crippen LogP contribution is -2.20. The first-order valence-corrected chi connectivity index (χ1v) is 7.60. The second kappa shape index (κ2) is 6.52. The maximum Gasteiger partial charge on any atom is 0.135 e. The maximum atomic E-state index is 10.6. The molecule has 0 saturated carbocycles. The number of aliphatic hydroxyl groups is 1. The molecule has 0 spiro atoms. The normalized spacial score (nSPS) is 14.1. The van der Waals surface area contributed by atoms with E-state index in [2.05, 4.69) is 15.9 Å². The lowest BCUT2D eigenvalue weighted by molar-refractivity contribution is 0.147. The highest BCUT2D eigenvalue weighted by Gasteiger charge is 2.26. The van der Waals surface area contributed by atoms with E-state index in [1.165, 1.54) is 11.3 Å². The first-order chi connectivity index (χ1) is 9.19. The van der Waals surface area contributed by atoms with Crippen molar-refractivity contribution in [3.63, 3.8) is 0 Å². The molecule has 2 atom stereocenters. The van der Waals surface area contributed by atoms with E-state index in [9.17, 15) is 5.11 Å². The Morgan fingerprint density at radius 1 is 1.37 bits per heavy atom. The van der Waals surface area contributed by atoms with Crippen LogP contribution in [0.5, 0.6) is 5.75 Å². The highest BCUT2D eigenvalue weighted by molar-refractivity contribution is 9.10. The lowest BCUT2D eigenvalue weighted by atomic mass is 9.92. The van der Waals surface area contributed by atoms with Crippen molar-refractivity contribution < 1.29 is 9.84 Å². The number of halogens is 1. The summed E-state index contributed by atoms with van der Waals surface area (Å²) in [4.78, 5) is 0.814. The molecule has 0 bridgehead atoms. The molecule has 0 amide bonds. The summed E-state index contributed by atoms with van der Waals surface area (Å²) in [6.07, 6.45) is -0.668. The smallest absolute Gasteiger partial charge is 0.135 e. The van der Waals surface area contributed by atoms with Gasteiger partial charge in [0.15, 0.2) is 0 Å². The molecule has 1 aromatic carbocycles. The molecule has 5 heteroatoms. The van der Waals surface area contributed by atoms with Crippen LogP contribution in [0.4, 0.5) is 0 Å². The van der Waals surface area contributed by atoms with Crippen LogP contribution in [0.3, 0.4) is 0 Å². The second-order valence-electron chi connectivity index (χ2n) is 4.16. The molecule has 3 N–H and O–H groups in total. The molecule has 0 aliphatic heterocycles. The van der Waals surface area contributed by atoms with Crippen LogP contribution in [0, 0.1) is 0 Å². The first kappa shape index (κ1) is 14.5. The van der Waals surface area contributed by atoms with Gasteiger partial charge in [0.05, 0.1) is 18.1 Å². The van der Waals surface area contributed by atoms with Gasteiger partial charge < -0.3 is 15.6 Å². The van der Waals surface area contributed by atoms with E-state index in [4.69, 9.17) is 10.5 Å². The number of rotatable bonds is 5. The monoisotopic (exact) mass is 341 g/mol. The van der Waals surface area contributed by atoms with Gasteiger partial charge in [-0.3, -0.25) is 0 Å². The Bertz CT molecular complexity index is 544. The molecule has 0 aliphatic carbocycles. The Labute approximate surface area is 125 Å².